The Labute approximate surface area is 148 Å². The van der Waals surface area contributed by atoms with Crippen LogP contribution in [0.1, 0.15) is 40.5 Å². The molecular weight excluding hydrogens is 312 g/mol. The molecule has 5 nitrogen and oxygen atoms in total. The van der Waals surface area contributed by atoms with E-state index in [1.54, 1.807) is 0 Å². The molecule has 1 N–H and O–H groups in total. The van der Waals surface area contributed by atoms with Gasteiger partial charge in [-0.05, 0) is 25.5 Å². The van der Waals surface area contributed by atoms with Crippen molar-refractivity contribution in [2.45, 2.75) is 38.6 Å². The SMILES string of the molecule is Cc1cccc(CC(=O)N2CCc3nc([C@@H]4CCNC4)ncc3C2)c1. The number of carbonyl (C=O) groups is 1. The van der Waals surface area contributed by atoms with Crippen molar-refractivity contribution in [1.82, 2.24) is 20.2 Å². The van der Waals surface area contributed by atoms with E-state index in [1.807, 2.05) is 23.2 Å². The summed E-state index contributed by atoms with van der Waals surface area (Å²) in [5.74, 6) is 1.58. The van der Waals surface area contributed by atoms with E-state index in [2.05, 4.69) is 29.4 Å². The Morgan fingerprint density at radius 1 is 1.40 bits per heavy atom. The third kappa shape index (κ3) is 3.56. The fraction of sp³-hybridized carbons (Fsp3) is 0.450. The predicted octanol–water partition coefficient (Wildman–Crippen LogP) is 1.99. The van der Waals surface area contributed by atoms with E-state index in [1.165, 1.54) is 5.56 Å². The van der Waals surface area contributed by atoms with Gasteiger partial charge in [-0.25, -0.2) is 9.97 Å². The molecule has 2 aromatic rings. The average Bonchev–Trinajstić information content (AvgIpc) is 3.15. The number of carbonyl (C=O) groups excluding carboxylic acids is 1. The summed E-state index contributed by atoms with van der Waals surface area (Å²) in [6, 6.07) is 8.17. The molecule has 3 heterocycles. The minimum absolute atomic E-state index is 0.181. The van der Waals surface area contributed by atoms with Crippen molar-refractivity contribution in [2.24, 2.45) is 0 Å². The molecule has 25 heavy (non-hydrogen) atoms. The van der Waals surface area contributed by atoms with Gasteiger partial charge in [-0.15, -0.1) is 0 Å². The van der Waals surface area contributed by atoms with Gasteiger partial charge in [-0.1, -0.05) is 29.8 Å². The van der Waals surface area contributed by atoms with Crippen LogP contribution in [-0.2, 0) is 24.2 Å². The van der Waals surface area contributed by atoms with Crippen molar-refractivity contribution >= 4 is 5.91 Å². The average molecular weight is 336 g/mol. The molecular formula is C20H24N4O. The third-order valence-electron chi connectivity index (χ3n) is 5.17. The molecule has 1 aromatic heterocycles. The van der Waals surface area contributed by atoms with Gasteiger partial charge >= 0.3 is 0 Å². The fourth-order valence-electron chi connectivity index (χ4n) is 3.72. The number of fused-ring (bicyclic) bond motifs is 1. The van der Waals surface area contributed by atoms with Crippen molar-refractivity contribution in [2.75, 3.05) is 19.6 Å². The molecule has 1 atom stereocenters. The summed E-state index contributed by atoms with van der Waals surface area (Å²) in [6.45, 7) is 5.45. The molecule has 130 valence electrons. The number of rotatable bonds is 3. The highest BCUT2D eigenvalue weighted by molar-refractivity contribution is 5.79. The van der Waals surface area contributed by atoms with Crippen LogP contribution in [0.15, 0.2) is 30.5 Å². The van der Waals surface area contributed by atoms with E-state index in [0.717, 1.165) is 55.1 Å². The maximum Gasteiger partial charge on any atom is 0.227 e. The Bertz CT molecular complexity index is 783. The molecule has 1 fully saturated rings. The van der Waals surface area contributed by atoms with Crippen molar-refractivity contribution in [1.29, 1.82) is 0 Å². The minimum Gasteiger partial charge on any atom is -0.338 e. The summed E-state index contributed by atoms with van der Waals surface area (Å²) >= 11 is 0. The Balaban J connectivity index is 1.44. The molecule has 4 rings (SSSR count). The van der Waals surface area contributed by atoms with Crippen LogP contribution in [0.5, 0.6) is 0 Å². The summed E-state index contributed by atoms with van der Waals surface area (Å²) in [5.41, 5.74) is 4.49. The van der Waals surface area contributed by atoms with Crippen LogP contribution in [0.2, 0.25) is 0 Å². The first-order valence-electron chi connectivity index (χ1n) is 9.08. The minimum atomic E-state index is 0.181. The first-order chi connectivity index (χ1) is 12.2. The quantitative estimate of drug-likeness (QED) is 0.931. The van der Waals surface area contributed by atoms with Crippen molar-refractivity contribution in [3.63, 3.8) is 0 Å². The number of nitrogens with one attached hydrogen (secondary N) is 1. The molecule has 0 spiro atoms. The molecule has 5 heteroatoms. The molecule has 1 saturated heterocycles. The number of hydrogen-bond acceptors (Lipinski definition) is 4. The van der Waals surface area contributed by atoms with Crippen molar-refractivity contribution in [3.05, 3.63) is 58.7 Å². The number of nitrogens with zero attached hydrogens (tertiary/aromatic N) is 3. The zero-order valence-corrected chi connectivity index (χ0v) is 14.7. The van der Waals surface area contributed by atoms with Crippen LogP contribution in [0.25, 0.3) is 0 Å². The maximum atomic E-state index is 12.6. The van der Waals surface area contributed by atoms with Crippen LogP contribution in [-0.4, -0.2) is 40.4 Å². The first kappa shape index (κ1) is 16.2. The summed E-state index contributed by atoms with van der Waals surface area (Å²) in [7, 11) is 0. The Hall–Kier alpha value is -2.27. The lowest BCUT2D eigenvalue weighted by atomic mass is 10.0. The number of amides is 1. The van der Waals surface area contributed by atoms with Crippen LogP contribution in [0.4, 0.5) is 0 Å². The van der Waals surface area contributed by atoms with E-state index >= 15 is 0 Å². The van der Waals surface area contributed by atoms with E-state index in [4.69, 9.17) is 4.98 Å². The van der Waals surface area contributed by atoms with Gasteiger partial charge in [-0.3, -0.25) is 4.79 Å². The van der Waals surface area contributed by atoms with Gasteiger partial charge in [0, 0.05) is 43.7 Å². The van der Waals surface area contributed by atoms with Gasteiger partial charge in [0.1, 0.15) is 5.82 Å². The summed E-state index contributed by atoms with van der Waals surface area (Å²) in [6.07, 6.45) is 4.33. The van der Waals surface area contributed by atoms with Crippen molar-refractivity contribution in [3.8, 4) is 0 Å². The smallest absolute Gasteiger partial charge is 0.227 e. The van der Waals surface area contributed by atoms with E-state index < -0.39 is 0 Å². The third-order valence-corrected chi connectivity index (χ3v) is 5.17. The molecule has 1 aromatic carbocycles. The molecule has 0 bridgehead atoms. The summed E-state index contributed by atoms with van der Waals surface area (Å²) in [4.78, 5) is 23.9. The van der Waals surface area contributed by atoms with Crippen LogP contribution in [0, 0.1) is 6.92 Å². The Morgan fingerprint density at radius 3 is 3.12 bits per heavy atom. The Kier molecular flexibility index (Phi) is 4.49. The standard InChI is InChI=1S/C20H24N4O/c1-14-3-2-4-15(9-14)10-19(25)24-8-6-18-17(13-24)12-22-20(23-18)16-5-7-21-11-16/h2-4,9,12,16,21H,5-8,10-11,13H2,1H3/t16-/m1/s1. The van der Waals surface area contributed by atoms with Gasteiger partial charge < -0.3 is 10.2 Å². The zero-order valence-electron chi connectivity index (χ0n) is 14.7. The molecule has 0 aliphatic carbocycles. The van der Waals surface area contributed by atoms with Crippen LogP contribution < -0.4 is 5.32 Å². The van der Waals surface area contributed by atoms with Crippen LogP contribution >= 0.6 is 0 Å². The molecule has 0 saturated carbocycles. The number of hydrogen-bond donors (Lipinski definition) is 1. The number of benzene rings is 1. The molecule has 2 aliphatic rings. The highest BCUT2D eigenvalue weighted by Gasteiger charge is 2.25. The first-order valence-corrected chi connectivity index (χ1v) is 9.08. The van der Waals surface area contributed by atoms with Gasteiger partial charge in [-0.2, -0.15) is 0 Å². The monoisotopic (exact) mass is 336 g/mol. The predicted molar refractivity (Wildman–Crippen MR) is 96.3 cm³/mol. The highest BCUT2D eigenvalue weighted by Crippen LogP contribution is 2.23. The van der Waals surface area contributed by atoms with Gasteiger partial charge in [0.15, 0.2) is 0 Å². The number of aromatic nitrogens is 2. The lowest BCUT2D eigenvalue weighted by Gasteiger charge is -2.28. The fourth-order valence-corrected chi connectivity index (χ4v) is 3.72. The second-order valence-corrected chi connectivity index (χ2v) is 7.12. The molecule has 1 amide bonds. The normalized spacial score (nSPS) is 19.7. The second kappa shape index (κ2) is 6.92. The van der Waals surface area contributed by atoms with Crippen molar-refractivity contribution < 1.29 is 4.79 Å². The lowest BCUT2D eigenvalue weighted by molar-refractivity contribution is -0.131. The van der Waals surface area contributed by atoms with E-state index in [-0.39, 0.29) is 5.91 Å². The maximum absolute atomic E-state index is 12.6. The topological polar surface area (TPSA) is 58.1 Å². The van der Waals surface area contributed by atoms with Gasteiger partial charge in [0.2, 0.25) is 5.91 Å². The molecule has 2 aliphatic heterocycles. The summed E-state index contributed by atoms with van der Waals surface area (Å²) in [5, 5.41) is 3.37. The highest BCUT2D eigenvalue weighted by atomic mass is 16.2. The second-order valence-electron chi connectivity index (χ2n) is 7.12. The van der Waals surface area contributed by atoms with Gasteiger partial charge in [0.25, 0.3) is 0 Å². The molecule has 0 unspecified atom stereocenters. The van der Waals surface area contributed by atoms with Gasteiger partial charge in [0.05, 0.1) is 12.1 Å². The van der Waals surface area contributed by atoms with E-state index in [0.29, 0.717) is 18.9 Å². The number of aryl methyl sites for hydroxylation is 1. The summed E-state index contributed by atoms with van der Waals surface area (Å²) < 4.78 is 0. The van der Waals surface area contributed by atoms with Crippen LogP contribution in [0.3, 0.4) is 0 Å². The van der Waals surface area contributed by atoms with E-state index in [9.17, 15) is 4.79 Å². The zero-order chi connectivity index (χ0) is 17.2. The lowest BCUT2D eigenvalue weighted by Crippen LogP contribution is -2.37. The Morgan fingerprint density at radius 2 is 2.32 bits per heavy atom. The largest absolute Gasteiger partial charge is 0.338 e. The molecule has 0 radical (unpaired) electrons.